The van der Waals surface area contributed by atoms with Crippen molar-refractivity contribution < 1.29 is 23.8 Å². The lowest BCUT2D eigenvalue weighted by Gasteiger charge is -2.15. The first kappa shape index (κ1) is 27.3. The molecule has 0 radical (unpaired) electrons. The summed E-state index contributed by atoms with van der Waals surface area (Å²) in [4.78, 5) is 25.1. The second-order valence-electron chi connectivity index (χ2n) is 7.79. The average Bonchev–Trinajstić information content (AvgIpc) is 2.88. The number of nitrogens with one attached hydrogen (secondary N) is 2. The SMILES string of the molecule is CCOc1cc(/C=C(/C#N)C(=O)Nc2ccc(C)cc2)cc(Br)c1OCC(=O)Nc1ccccc1OC. The normalized spacial score (nSPS) is 10.7. The zero-order chi connectivity index (χ0) is 26.8. The molecule has 0 unspecified atom stereocenters. The van der Waals surface area contributed by atoms with Crippen molar-refractivity contribution in [3.63, 3.8) is 0 Å². The van der Waals surface area contributed by atoms with Crippen molar-refractivity contribution in [3.8, 4) is 23.3 Å². The minimum Gasteiger partial charge on any atom is -0.495 e. The number of ether oxygens (including phenoxy) is 3. The van der Waals surface area contributed by atoms with Crippen LogP contribution in [0.2, 0.25) is 0 Å². The number of amides is 2. The predicted molar refractivity (Wildman–Crippen MR) is 146 cm³/mol. The molecule has 0 aliphatic heterocycles. The Morgan fingerprint density at radius 1 is 1.03 bits per heavy atom. The lowest BCUT2D eigenvalue weighted by Crippen LogP contribution is -2.21. The molecular formula is C28H26BrN3O5. The van der Waals surface area contributed by atoms with Gasteiger partial charge in [-0.05, 0) is 77.8 Å². The van der Waals surface area contributed by atoms with E-state index in [9.17, 15) is 14.9 Å². The lowest BCUT2D eigenvalue weighted by atomic mass is 10.1. The number of halogens is 1. The molecule has 190 valence electrons. The van der Waals surface area contributed by atoms with Crippen LogP contribution in [0, 0.1) is 18.3 Å². The minimum atomic E-state index is -0.534. The Hall–Kier alpha value is -4.29. The fourth-order valence-corrected chi connectivity index (χ4v) is 3.87. The van der Waals surface area contributed by atoms with Gasteiger partial charge < -0.3 is 24.8 Å². The minimum absolute atomic E-state index is 0.0835. The summed E-state index contributed by atoms with van der Waals surface area (Å²) in [6, 6.07) is 19.6. The molecule has 0 atom stereocenters. The van der Waals surface area contributed by atoms with E-state index in [0.29, 0.717) is 45.3 Å². The summed E-state index contributed by atoms with van der Waals surface area (Å²) in [5, 5.41) is 15.0. The molecule has 2 N–H and O–H groups in total. The Bertz CT molecular complexity index is 1350. The third kappa shape index (κ3) is 7.59. The van der Waals surface area contributed by atoms with Crippen LogP contribution in [0.4, 0.5) is 11.4 Å². The van der Waals surface area contributed by atoms with E-state index in [1.807, 2.05) is 32.0 Å². The molecule has 0 aliphatic carbocycles. The van der Waals surface area contributed by atoms with E-state index in [1.165, 1.54) is 13.2 Å². The quantitative estimate of drug-likeness (QED) is 0.241. The van der Waals surface area contributed by atoms with E-state index in [2.05, 4.69) is 26.6 Å². The first-order valence-corrected chi connectivity index (χ1v) is 12.2. The summed E-state index contributed by atoms with van der Waals surface area (Å²) in [6.07, 6.45) is 1.45. The van der Waals surface area contributed by atoms with Gasteiger partial charge in [-0.15, -0.1) is 0 Å². The van der Waals surface area contributed by atoms with Crippen LogP contribution in [0.5, 0.6) is 17.2 Å². The van der Waals surface area contributed by atoms with E-state index in [1.54, 1.807) is 48.5 Å². The highest BCUT2D eigenvalue weighted by atomic mass is 79.9. The summed E-state index contributed by atoms with van der Waals surface area (Å²) < 4.78 is 17.2. The second-order valence-corrected chi connectivity index (χ2v) is 8.64. The number of rotatable bonds is 10. The maximum atomic E-state index is 12.6. The zero-order valence-corrected chi connectivity index (χ0v) is 22.2. The standard InChI is InChI=1S/C28H26BrN3O5/c1-4-36-25-15-19(13-20(16-30)28(34)31-21-11-9-18(2)10-12-21)14-22(29)27(25)37-17-26(33)32-23-7-5-6-8-24(23)35-3/h5-15H,4,17H2,1-3H3,(H,31,34)(H,32,33)/b20-13-. The molecular weight excluding hydrogens is 538 g/mol. The van der Waals surface area contributed by atoms with Gasteiger partial charge in [-0.3, -0.25) is 9.59 Å². The van der Waals surface area contributed by atoms with Crippen LogP contribution < -0.4 is 24.8 Å². The monoisotopic (exact) mass is 563 g/mol. The van der Waals surface area contributed by atoms with Crippen LogP contribution in [-0.4, -0.2) is 32.1 Å². The van der Waals surface area contributed by atoms with Gasteiger partial charge in [-0.2, -0.15) is 5.26 Å². The molecule has 0 fully saturated rings. The van der Waals surface area contributed by atoms with Crippen LogP contribution >= 0.6 is 15.9 Å². The van der Waals surface area contributed by atoms with Crippen molar-refractivity contribution in [2.45, 2.75) is 13.8 Å². The van der Waals surface area contributed by atoms with Gasteiger partial charge in [0.25, 0.3) is 11.8 Å². The number of hydrogen-bond donors (Lipinski definition) is 2. The van der Waals surface area contributed by atoms with Gasteiger partial charge >= 0.3 is 0 Å². The van der Waals surface area contributed by atoms with Crippen LogP contribution in [0.25, 0.3) is 6.08 Å². The molecule has 9 heteroatoms. The molecule has 0 spiro atoms. The van der Waals surface area contributed by atoms with Crippen LogP contribution in [0.15, 0.2) is 70.7 Å². The summed E-state index contributed by atoms with van der Waals surface area (Å²) in [5.74, 6) is 0.278. The largest absolute Gasteiger partial charge is 0.495 e. The number of hydrogen-bond acceptors (Lipinski definition) is 6. The third-order valence-electron chi connectivity index (χ3n) is 5.05. The van der Waals surface area contributed by atoms with Gasteiger partial charge in [0.15, 0.2) is 18.1 Å². The number of nitriles is 1. The fourth-order valence-electron chi connectivity index (χ4n) is 3.30. The summed E-state index contributed by atoms with van der Waals surface area (Å²) in [6.45, 7) is 3.81. The Kier molecular flexibility index (Phi) is 9.69. The topological polar surface area (TPSA) is 110 Å². The number of carbonyl (C=O) groups is 2. The van der Waals surface area contributed by atoms with Gasteiger partial charge in [0.2, 0.25) is 0 Å². The first-order valence-electron chi connectivity index (χ1n) is 11.4. The van der Waals surface area contributed by atoms with E-state index >= 15 is 0 Å². The number of anilines is 2. The number of methoxy groups -OCH3 is 1. The molecule has 3 aromatic carbocycles. The van der Waals surface area contributed by atoms with Crippen molar-refractivity contribution >= 4 is 45.2 Å². The third-order valence-corrected chi connectivity index (χ3v) is 5.63. The van der Waals surface area contributed by atoms with Crippen molar-refractivity contribution in [1.82, 2.24) is 0 Å². The van der Waals surface area contributed by atoms with E-state index in [-0.39, 0.29) is 18.1 Å². The van der Waals surface area contributed by atoms with Gasteiger partial charge in [0, 0.05) is 5.69 Å². The van der Waals surface area contributed by atoms with Crippen molar-refractivity contribution in [2.75, 3.05) is 31.0 Å². The van der Waals surface area contributed by atoms with E-state index in [4.69, 9.17) is 14.2 Å². The van der Waals surface area contributed by atoms with Crippen LogP contribution in [0.3, 0.4) is 0 Å². The molecule has 0 saturated heterocycles. The molecule has 0 bridgehead atoms. The van der Waals surface area contributed by atoms with E-state index < -0.39 is 5.91 Å². The highest BCUT2D eigenvalue weighted by Crippen LogP contribution is 2.37. The summed E-state index contributed by atoms with van der Waals surface area (Å²) >= 11 is 3.45. The fraction of sp³-hybridized carbons (Fsp3) is 0.179. The maximum absolute atomic E-state index is 12.6. The molecule has 3 aromatic rings. The van der Waals surface area contributed by atoms with Crippen molar-refractivity contribution in [3.05, 3.63) is 81.8 Å². The predicted octanol–water partition coefficient (Wildman–Crippen LogP) is 5.73. The number of aryl methyl sites for hydroxylation is 1. The van der Waals surface area contributed by atoms with E-state index in [0.717, 1.165) is 5.56 Å². The smallest absolute Gasteiger partial charge is 0.266 e. The second kappa shape index (κ2) is 13.1. The number of para-hydroxylation sites is 2. The number of carbonyl (C=O) groups excluding carboxylic acids is 2. The zero-order valence-electron chi connectivity index (χ0n) is 20.6. The molecule has 37 heavy (non-hydrogen) atoms. The summed E-state index contributed by atoms with van der Waals surface area (Å²) in [5.41, 5.74) is 2.62. The highest BCUT2D eigenvalue weighted by molar-refractivity contribution is 9.10. The Morgan fingerprint density at radius 2 is 1.76 bits per heavy atom. The van der Waals surface area contributed by atoms with Crippen molar-refractivity contribution in [2.24, 2.45) is 0 Å². The van der Waals surface area contributed by atoms with Crippen LogP contribution in [0.1, 0.15) is 18.1 Å². The Balaban J connectivity index is 1.77. The molecule has 0 heterocycles. The Labute approximate surface area is 224 Å². The molecule has 0 aromatic heterocycles. The first-order chi connectivity index (χ1) is 17.8. The average molecular weight is 564 g/mol. The number of nitrogens with zero attached hydrogens (tertiary/aromatic N) is 1. The molecule has 2 amide bonds. The highest BCUT2D eigenvalue weighted by Gasteiger charge is 2.16. The van der Waals surface area contributed by atoms with Gasteiger partial charge in [-0.1, -0.05) is 29.8 Å². The summed E-state index contributed by atoms with van der Waals surface area (Å²) in [7, 11) is 1.52. The maximum Gasteiger partial charge on any atom is 0.266 e. The van der Waals surface area contributed by atoms with Gasteiger partial charge in [0.1, 0.15) is 17.4 Å². The lowest BCUT2D eigenvalue weighted by molar-refractivity contribution is -0.118. The number of benzene rings is 3. The van der Waals surface area contributed by atoms with Crippen molar-refractivity contribution in [1.29, 1.82) is 5.26 Å². The molecule has 8 nitrogen and oxygen atoms in total. The molecule has 0 aliphatic rings. The van der Waals surface area contributed by atoms with Gasteiger partial charge in [-0.25, -0.2) is 0 Å². The van der Waals surface area contributed by atoms with Gasteiger partial charge in [0.05, 0.1) is 23.9 Å². The molecule has 3 rings (SSSR count). The van der Waals surface area contributed by atoms with Crippen LogP contribution in [-0.2, 0) is 9.59 Å². The Morgan fingerprint density at radius 3 is 2.43 bits per heavy atom. The molecule has 0 saturated carbocycles.